The van der Waals surface area contributed by atoms with Gasteiger partial charge in [-0.15, -0.1) is 0 Å². The molecule has 1 aliphatic rings. The minimum Gasteiger partial charge on any atom is -0.379 e. The third-order valence-corrected chi connectivity index (χ3v) is 6.52. The lowest BCUT2D eigenvalue weighted by molar-refractivity contribution is 0.0361. The second kappa shape index (κ2) is 7.75. The Morgan fingerprint density at radius 3 is 2.50 bits per heavy atom. The van der Waals surface area contributed by atoms with Crippen molar-refractivity contribution in [1.82, 2.24) is 28.0 Å². The highest BCUT2D eigenvalue weighted by atomic mass is 16.5. The summed E-state index contributed by atoms with van der Waals surface area (Å²) < 4.78 is 12.2. The lowest BCUT2D eigenvalue weighted by Gasteiger charge is -2.26. The van der Waals surface area contributed by atoms with Gasteiger partial charge in [0.15, 0.2) is 11.2 Å². The Bertz CT molecular complexity index is 1450. The summed E-state index contributed by atoms with van der Waals surface area (Å²) in [5.41, 5.74) is 4.26. The molecule has 32 heavy (non-hydrogen) atoms. The van der Waals surface area contributed by atoms with E-state index >= 15 is 0 Å². The van der Waals surface area contributed by atoms with Gasteiger partial charge in [-0.05, 0) is 38.5 Å². The van der Waals surface area contributed by atoms with E-state index in [1.54, 1.807) is 7.05 Å². The maximum Gasteiger partial charge on any atom is 0.332 e. The molecule has 0 N–H and O–H groups in total. The summed E-state index contributed by atoms with van der Waals surface area (Å²) in [6, 6.07) is 8.17. The van der Waals surface area contributed by atoms with Crippen LogP contribution in [0.1, 0.15) is 17.0 Å². The van der Waals surface area contributed by atoms with Gasteiger partial charge in [0.2, 0.25) is 5.78 Å². The van der Waals surface area contributed by atoms with E-state index in [4.69, 9.17) is 9.72 Å². The molecule has 9 nitrogen and oxygen atoms in total. The number of imidazole rings is 2. The number of ether oxygens (including phenoxy) is 1. The molecule has 0 spiro atoms. The van der Waals surface area contributed by atoms with Crippen molar-refractivity contribution in [1.29, 1.82) is 0 Å². The Labute approximate surface area is 185 Å². The fourth-order valence-electron chi connectivity index (χ4n) is 4.59. The van der Waals surface area contributed by atoms with Crippen LogP contribution in [0.25, 0.3) is 22.6 Å². The van der Waals surface area contributed by atoms with Crippen LogP contribution < -0.4 is 11.2 Å². The minimum atomic E-state index is -0.340. The topological polar surface area (TPSA) is 78.7 Å². The third kappa shape index (κ3) is 3.11. The van der Waals surface area contributed by atoms with E-state index in [-0.39, 0.29) is 11.2 Å². The molecule has 1 fully saturated rings. The minimum absolute atomic E-state index is 0.298. The molecule has 1 saturated heterocycles. The zero-order chi connectivity index (χ0) is 22.6. The van der Waals surface area contributed by atoms with Crippen molar-refractivity contribution in [2.45, 2.75) is 27.3 Å². The highest BCUT2D eigenvalue weighted by Crippen LogP contribution is 2.24. The molecule has 0 aliphatic carbocycles. The van der Waals surface area contributed by atoms with E-state index in [1.165, 1.54) is 9.13 Å². The van der Waals surface area contributed by atoms with Crippen LogP contribution in [0.15, 0.2) is 33.9 Å². The third-order valence-electron chi connectivity index (χ3n) is 6.52. The fraction of sp³-hybridized carbons (Fsp3) is 0.435. The summed E-state index contributed by atoms with van der Waals surface area (Å²) in [4.78, 5) is 33.6. The molecule has 0 atom stereocenters. The highest BCUT2D eigenvalue weighted by molar-refractivity contribution is 5.77. The van der Waals surface area contributed by atoms with Gasteiger partial charge in [0.25, 0.3) is 5.56 Å². The van der Waals surface area contributed by atoms with Gasteiger partial charge in [-0.25, -0.2) is 4.79 Å². The summed E-state index contributed by atoms with van der Waals surface area (Å²) in [6.07, 6.45) is 0. The number of aromatic nitrogens is 5. The number of hydrogen-bond acceptors (Lipinski definition) is 5. The standard InChI is InChI=1S/C23H28N6O3/c1-15-6-5-7-18(14-15)28-16(2)17(3)29-19-20(24-22(28)29)25(4)23(31)27(21(19)30)9-8-26-10-12-32-13-11-26/h5-7,14H,8-13H2,1-4H3. The van der Waals surface area contributed by atoms with Gasteiger partial charge in [-0.2, -0.15) is 4.98 Å². The van der Waals surface area contributed by atoms with Gasteiger partial charge < -0.3 is 4.74 Å². The lowest BCUT2D eigenvalue weighted by Crippen LogP contribution is -2.44. The summed E-state index contributed by atoms with van der Waals surface area (Å²) in [6.45, 7) is 10.0. The molecule has 0 unspecified atom stereocenters. The smallest absolute Gasteiger partial charge is 0.332 e. The average molecular weight is 437 g/mol. The van der Waals surface area contributed by atoms with Crippen LogP contribution in [-0.4, -0.2) is 60.8 Å². The van der Waals surface area contributed by atoms with Crippen LogP contribution in [0.5, 0.6) is 0 Å². The molecule has 0 radical (unpaired) electrons. The molecule has 1 aliphatic heterocycles. The SMILES string of the molecule is Cc1cccc(-n2c(C)c(C)n3c4c(=O)n(CCN5CCOCC5)c(=O)n(C)c4nc23)c1. The first-order chi connectivity index (χ1) is 15.4. The van der Waals surface area contributed by atoms with Gasteiger partial charge in [0, 0.05) is 50.3 Å². The van der Waals surface area contributed by atoms with E-state index in [0.717, 1.165) is 35.7 Å². The summed E-state index contributed by atoms with van der Waals surface area (Å²) in [5.74, 6) is 0.638. The molecule has 4 heterocycles. The Morgan fingerprint density at radius 1 is 1.03 bits per heavy atom. The second-order valence-corrected chi connectivity index (χ2v) is 8.52. The molecular formula is C23H28N6O3. The van der Waals surface area contributed by atoms with Crippen LogP contribution in [0.4, 0.5) is 0 Å². The summed E-state index contributed by atoms with van der Waals surface area (Å²) >= 11 is 0. The predicted octanol–water partition coefficient (Wildman–Crippen LogP) is 1.40. The summed E-state index contributed by atoms with van der Waals surface area (Å²) in [5, 5.41) is 0. The lowest BCUT2D eigenvalue weighted by atomic mass is 10.2. The van der Waals surface area contributed by atoms with Crippen molar-refractivity contribution in [2.24, 2.45) is 7.05 Å². The number of benzene rings is 1. The molecule has 0 bridgehead atoms. The van der Waals surface area contributed by atoms with Crippen molar-refractivity contribution in [3.05, 3.63) is 62.1 Å². The Morgan fingerprint density at radius 2 is 1.78 bits per heavy atom. The van der Waals surface area contributed by atoms with Gasteiger partial charge in [0.1, 0.15) is 0 Å². The van der Waals surface area contributed by atoms with Crippen LogP contribution in [0.3, 0.4) is 0 Å². The van der Waals surface area contributed by atoms with Crippen LogP contribution in [-0.2, 0) is 18.3 Å². The van der Waals surface area contributed by atoms with Crippen LogP contribution >= 0.6 is 0 Å². The number of aryl methyl sites for hydroxylation is 3. The summed E-state index contributed by atoms with van der Waals surface area (Å²) in [7, 11) is 1.68. The normalized spacial score (nSPS) is 15.2. The Hall–Kier alpha value is -3.17. The number of fused-ring (bicyclic) bond motifs is 3. The first-order valence-electron chi connectivity index (χ1n) is 11.0. The monoisotopic (exact) mass is 436 g/mol. The number of morpholine rings is 1. The van der Waals surface area contributed by atoms with Crippen molar-refractivity contribution in [3.8, 4) is 5.69 Å². The second-order valence-electron chi connectivity index (χ2n) is 8.52. The van der Waals surface area contributed by atoms with Gasteiger partial charge in [0.05, 0.1) is 13.2 Å². The molecular weight excluding hydrogens is 408 g/mol. The molecule has 3 aromatic heterocycles. The molecule has 9 heteroatoms. The quantitative estimate of drug-likeness (QED) is 0.483. The molecule has 4 aromatic rings. The molecule has 0 amide bonds. The number of rotatable bonds is 4. The fourth-order valence-corrected chi connectivity index (χ4v) is 4.59. The van der Waals surface area contributed by atoms with Crippen molar-refractivity contribution in [2.75, 3.05) is 32.8 Å². The molecule has 0 saturated carbocycles. The van der Waals surface area contributed by atoms with Gasteiger partial charge in [-0.3, -0.25) is 27.8 Å². The molecule has 5 rings (SSSR count). The van der Waals surface area contributed by atoms with Crippen molar-refractivity contribution < 1.29 is 4.74 Å². The maximum atomic E-state index is 13.5. The van der Waals surface area contributed by atoms with Crippen LogP contribution in [0, 0.1) is 20.8 Å². The van der Waals surface area contributed by atoms with Crippen molar-refractivity contribution >= 4 is 16.9 Å². The molecule has 168 valence electrons. The van der Waals surface area contributed by atoms with E-state index < -0.39 is 0 Å². The molecule has 1 aromatic carbocycles. The number of hydrogen-bond donors (Lipinski definition) is 0. The average Bonchev–Trinajstić information content (AvgIpc) is 3.28. The first-order valence-corrected chi connectivity index (χ1v) is 11.0. The van der Waals surface area contributed by atoms with Gasteiger partial charge >= 0.3 is 5.69 Å². The number of nitrogens with zero attached hydrogens (tertiary/aromatic N) is 6. The van der Waals surface area contributed by atoms with E-state index in [2.05, 4.69) is 11.0 Å². The van der Waals surface area contributed by atoms with E-state index in [1.807, 2.05) is 47.9 Å². The zero-order valence-corrected chi connectivity index (χ0v) is 19.0. The first kappa shape index (κ1) is 20.7. The zero-order valence-electron chi connectivity index (χ0n) is 19.0. The highest BCUT2D eigenvalue weighted by Gasteiger charge is 2.23. The van der Waals surface area contributed by atoms with E-state index in [0.29, 0.717) is 43.2 Å². The largest absolute Gasteiger partial charge is 0.379 e. The Kier molecular flexibility index (Phi) is 5.02. The van der Waals surface area contributed by atoms with Crippen LogP contribution in [0.2, 0.25) is 0 Å². The maximum absolute atomic E-state index is 13.5. The van der Waals surface area contributed by atoms with E-state index in [9.17, 15) is 9.59 Å². The van der Waals surface area contributed by atoms with Crippen molar-refractivity contribution in [3.63, 3.8) is 0 Å². The van der Waals surface area contributed by atoms with Gasteiger partial charge in [-0.1, -0.05) is 12.1 Å². The Balaban J connectivity index is 1.71. The predicted molar refractivity (Wildman–Crippen MR) is 123 cm³/mol.